The number of carbonyl (C=O) groups excluding carboxylic acids is 2. The fraction of sp³-hybridized carbons (Fsp3) is 0.600. The maximum absolute atomic E-state index is 13.5. The summed E-state index contributed by atoms with van der Waals surface area (Å²) in [6.07, 6.45) is 0.818. The number of fused-ring (bicyclic) bond motifs is 3. The topological polar surface area (TPSA) is 46.2 Å². The van der Waals surface area contributed by atoms with Crippen molar-refractivity contribution in [3.63, 3.8) is 0 Å². The fourth-order valence-electron chi connectivity index (χ4n) is 7.39. The van der Waals surface area contributed by atoms with Gasteiger partial charge < -0.3 is 5.32 Å². The molecule has 5 aliphatic rings. The summed E-state index contributed by atoms with van der Waals surface area (Å²) >= 11 is 6.66. The SMILES string of the molecule is C[C@H]1[C@@]2(C)C(=O)[C@]13[C@H](C[C@H]2Cl)C(C)(C)[C@@]31C(=O)Nc2ccccc21. The Morgan fingerprint density at radius 3 is 2.50 bits per heavy atom. The van der Waals surface area contributed by atoms with Crippen LogP contribution in [0.4, 0.5) is 5.69 Å². The van der Waals surface area contributed by atoms with Gasteiger partial charge in [-0.3, -0.25) is 9.59 Å². The molecule has 4 heteroatoms. The average Bonchev–Trinajstić information content (AvgIpc) is 2.87. The molecule has 24 heavy (non-hydrogen) atoms. The van der Waals surface area contributed by atoms with E-state index >= 15 is 0 Å². The summed E-state index contributed by atoms with van der Waals surface area (Å²) < 4.78 is 0. The van der Waals surface area contributed by atoms with Crippen molar-refractivity contribution < 1.29 is 9.59 Å². The smallest absolute Gasteiger partial charge is 0.236 e. The normalized spacial score (nSPS) is 49.8. The Morgan fingerprint density at radius 2 is 1.83 bits per heavy atom. The number of para-hydroxylation sites is 1. The molecule has 0 saturated heterocycles. The minimum atomic E-state index is -0.756. The first-order chi connectivity index (χ1) is 11.2. The molecule has 6 atom stereocenters. The third kappa shape index (κ3) is 0.992. The molecule has 0 radical (unpaired) electrons. The maximum Gasteiger partial charge on any atom is 0.236 e. The highest BCUT2D eigenvalue weighted by Gasteiger charge is 2.94. The zero-order valence-electron chi connectivity index (χ0n) is 14.4. The van der Waals surface area contributed by atoms with Crippen LogP contribution in [-0.4, -0.2) is 17.1 Å². The van der Waals surface area contributed by atoms with Crippen molar-refractivity contribution in [3.05, 3.63) is 29.8 Å². The molecule has 1 heterocycles. The van der Waals surface area contributed by atoms with Crippen molar-refractivity contribution in [2.75, 3.05) is 5.32 Å². The number of rotatable bonds is 0. The van der Waals surface area contributed by atoms with Gasteiger partial charge in [0.05, 0.1) is 10.8 Å². The highest BCUT2D eigenvalue weighted by atomic mass is 35.5. The van der Waals surface area contributed by atoms with Gasteiger partial charge in [-0.15, -0.1) is 11.6 Å². The van der Waals surface area contributed by atoms with E-state index in [-0.39, 0.29) is 34.3 Å². The first-order valence-corrected chi connectivity index (χ1v) is 9.23. The van der Waals surface area contributed by atoms with Crippen molar-refractivity contribution in [3.8, 4) is 0 Å². The van der Waals surface area contributed by atoms with Crippen LogP contribution in [0.2, 0.25) is 0 Å². The second-order valence-electron chi connectivity index (χ2n) is 8.93. The van der Waals surface area contributed by atoms with Crippen molar-refractivity contribution in [2.45, 2.75) is 44.9 Å². The lowest BCUT2D eigenvalue weighted by Crippen LogP contribution is -2.91. The molecule has 4 aliphatic carbocycles. The lowest BCUT2D eigenvalue weighted by atomic mass is 9.16. The molecule has 2 spiro atoms. The fourth-order valence-corrected chi connectivity index (χ4v) is 7.86. The number of ketones is 1. The number of alkyl halides is 1. The predicted molar refractivity (Wildman–Crippen MR) is 93.0 cm³/mol. The van der Waals surface area contributed by atoms with E-state index in [9.17, 15) is 9.59 Å². The molecule has 1 N–H and O–H groups in total. The van der Waals surface area contributed by atoms with Crippen LogP contribution in [0.3, 0.4) is 0 Å². The maximum atomic E-state index is 13.5. The Kier molecular flexibility index (Phi) is 2.33. The Hall–Kier alpha value is -1.35. The van der Waals surface area contributed by atoms with Crippen molar-refractivity contribution >= 4 is 29.0 Å². The van der Waals surface area contributed by atoms with Gasteiger partial charge in [0, 0.05) is 16.5 Å². The lowest BCUT2D eigenvalue weighted by molar-refractivity contribution is -0.296. The predicted octanol–water partition coefficient (Wildman–Crippen LogP) is 3.76. The summed E-state index contributed by atoms with van der Waals surface area (Å²) in [5, 5.41) is 2.93. The second-order valence-corrected chi connectivity index (χ2v) is 9.46. The Bertz CT molecular complexity index is 833. The molecule has 0 aromatic heterocycles. The molecule has 4 fully saturated rings. The van der Waals surface area contributed by atoms with Gasteiger partial charge in [-0.1, -0.05) is 45.9 Å². The molecule has 6 rings (SSSR count). The van der Waals surface area contributed by atoms with E-state index in [1.165, 1.54) is 0 Å². The number of Topliss-reactive ketones (excluding diaryl/α,β-unsaturated/α-hetero) is 1. The lowest BCUT2D eigenvalue weighted by Gasteiger charge is -2.84. The molecule has 3 nitrogen and oxygen atoms in total. The van der Waals surface area contributed by atoms with E-state index in [2.05, 4.69) is 26.1 Å². The van der Waals surface area contributed by atoms with Crippen molar-refractivity contribution in [2.24, 2.45) is 28.1 Å². The quantitative estimate of drug-likeness (QED) is 0.729. The first-order valence-electron chi connectivity index (χ1n) is 8.79. The van der Waals surface area contributed by atoms with Crippen LogP contribution in [0.1, 0.15) is 39.7 Å². The van der Waals surface area contributed by atoms with Crippen LogP contribution < -0.4 is 5.32 Å². The third-order valence-corrected chi connectivity index (χ3v) is 9.10. The number of nitrogens with one attached hydrogen (secondary N) is 1. The van der Waals surface area contributed by atoms with E-state index < -0.39 is 16.2 Å². The molecule has 1 aromatic rings. The molecule has 4 saturated carbocycles. The molecule has 2 bridgehead atoms. The number of anilines is 1. The molecular weight excluding hydrogens is 322 g/mol. The Balaban J connectivity index is 1.83. The van der Waals surface area contributed by atoms with E-state index in [0.29, 0.717) is 0 Å². The highest BCUT2D eigenvalue weighted by molar-refractivity contribution is 6.26. The van der Waals surface area contributed by atoms with Crippen molar-refractivity contribution in [1.29, 1.82) is 0 Å². The summed E-state index contributed by atoms with van der Waals surface area (Å²) in [5.41, 5.74) is -0.264. The van der Waals surface area contributed by atoms with Crippen LogP contribution in [0.5, 0.6) is 0 Å². The summed E-state index contributed by atoms with van der Waals surface area (Å²) in [5.74, 6) is 0.488. The van der Waals surface area contributed by atoms with Crippen LogP contribution in [0.25, 0.3) is 0 Å². The average molecular weight is 344 g/mol. The van der Waals surface area contributed by atoms with Crippen LogP contribution >= 0.6 is 11.6 Å². The molecule has 126 valence electrons. The molecule has 1 aromatic carbocycles. The van der Waals surface area contributed by atoms with Crippen LogP contribution in [0.15, 0.2) is 24.3 Å². The number of halogens is 1. The van der Waals surface area contributed by atoms with E-state index in [1.54, 1.807) is 0 Å². The highest BCUT2D eigenvalue weighted by Crippen LogP contribution is 2.87. The Labute approximate surface area is 147 Å². The number of amides is 1. The van der Waals surface area contributed by atoms with Crippen LogP contribution in [-0.2, 0) is 15.0 Å². The number of hydrogen-bond donors (Lipinski definition) is 1. The van der Waals surface area contributed by atoms with Gasteiger partial charge in [-0.25, -0.2) is 0 Å². The van der Waals surface area contributed by atoms with Gasteiger partial charge in [0.1, 0.15) is 5.78 Å². The van der Waals surface area contributed by atoms with Gasteiger partial charge in [0.2, 0.25) is 5.91 Å². The monoisotopic (exact) mass is 343 g/mol. The summed E-state index contributed by atoms with van der Waals surface area (Å²) in [6.45, 7) is 8.43. The second kappa shape index (κ2) is 3.75. The number of hydrogen-bond acceptors (Lipinski definition) is 2. The molecule has 0 unspecified atom stereocenters. The zero-order valence-corrected chi connectivity index (χ0v) is 15.2. The van der Waals surface area contributed by atoms with Crippen molar-refractivity contribution in [1.82, 2.24) is 0 Å². The largest absolute Gasteiger partial charge is 0.325 e. The van der Waals surface area contributed by atoms with Gasteiger partial charge in [-0.2, -0.15) is 0 Å². The molecule has 1 amide bonds. The van der Waals surface area contributed by atoms with E-state index in [0.717, 1.165) is 17.7 Å². The summed E-state index contributed by atoms with van der Waals surface area (Å²) in [7, 11) is 0. The molecule has 1 aliphatic heterocycles. The standard InChI is InChI=1S/C20H22ClNO2/c1-10-18(4)14(21)9-13-17(2,3)20(19(10,13)15(18)23)11-7-5-6-8-12(11)22-16(20)24/h5-8,10,13-14H,9H2,1-4H3,(H,22,24)/t10-,13+,14+,18+,19+,20+/m0/s1. The van der Waals surface area contributed by atoms with E-state index in [4.69, 9.17) is 11.6 Å². The third-order valence-electron chi connectivity index (χ3n) is 8.47. The van der Waals surface area contributed by atoms with Gasteiger partial charge in [0.25, 0.3) is 0 Å². The van der Waals surface area contributed by atoms with E-state index in [1.807, 2.05) is 31.2 Å². The Morgan fingerprint density at radius 1 is 1.17 bits per heavy atom. The van der Waals surface area contributed by atoms with Crippen LogP contribution in [0, 0.1) is 28.1 Å². The number of benzene rings is 1. The molecular formula is C20H22ClNO2. The minimum Gasteiger partial charge on any atom is -0.325 e. The summed E-state index contributed by atoms with van der Waals surface area (Å²) in [4.78, 5) is 26.8. The summed E-state index contributed by atoms with van der Waals surface area (Å²) in [6, 6.07) is 7.89. The first kappa shape index (κ1) is 14.9. The minimum absolute atomic E-state index is 0.000206. The van der Waals surface area contributed by atoms with Gasteiger partial charge >= 0.3 is 0 Å². The van der Waals surface area contributed by atoms with Gasteiger partial charge in [-0.05, 0) is 35.3 Å². The zero-order chi connectivity index (χ0) is 17.3. The number of carbonyl (C=O) groups is 2. The van der Waals surface area contributed by atoms with Gasteiger partial charge in [0.15, 0.2) is 0 Å².